The Bertz CT molecular complexity index is 495. The first-order chi connectivity index (χ1) is 7.11. The number of halogens is 5. The van der Waals surface area contributed by atoms with Gasteiger partial charge in [0.15, 0.2) is 0 Å². The van der Waals surface area contributed by atoms with Gasteiger partial charge in [0.05, 0.1) is 11.3 Å². The van der Waals surface area contributed by atoms with E-state index in [2.05, 4.69) is 0 Å². The highest BCUT2D eigenvalue weighted by molar-refractivity contribution is 8.13. The van der Waals surface area contributed by atoms with E-state index in [1.165, 1.54) is 0 Å². The Morgan fingerprint density at radius 1 is 1.25 bits per heavy atom. The maximum absolute atomic E-state index is 13.0. The lowest BCUT2D eigenvalue weighted by molar-refractivity contribution is -0.140. The SMILES string of the molecule is O=S(=O)(Cl)Cc1cccc(F)c1C(F)(F)F. The fourth-order valence-electron chi connectivity index (χ4n) is 1.19. The van der Waals surface area contributed by atoms with Crippen LogP contribution in [-0.2, 0) is 21.0 Å². The molecule has 8 heteroatoms. The Hall–Kier alpha value is -0.820. The van der Waals surface area contributed by atoms with Gasteiger partial charge >= 0.3 is 6.18 Å². The molecule has 1 aromatic rings. The van der Waals surface area contributed by atoms with Gasteiger partial charge in [-0.05, 0) is 11.6 Å². The minimum atomic E-state index is -4.96. The normalized spacial score (nSPS) is 12.8. The lowest BCUT2D eigenvalue weighted by atomic mass is 10.1. The Labute approximate surface area is 93.3 Å². The predicted octanol–water partition coefficient (Wildman–Crippen LogP) is 2.91. The maximum atomic E-state index is 13.0. The zero-order valence-corrected chi connectivity index (χ0v) is 9.13. The van der Waals surface area contributed by atoms with E-state index in [-0.39, 0.29) is 0 Å². The molecule has 1 aromatic carbocycles. The molecule has 0 saturated heterocycles. The van der Waals surface area contributed by atoms with Crippen LogP contribution in [0.4, 0.5) is 17.6 Å². The van der Waals surface area contributed by atoms with Gasteiger partial charge in [0.1, 0.15) is 5.82 Å². The summed E-state index contributed by atoms with van der Waals surface area (Å²) in [5.74, 6) is -2.59. The third-order valence-corrected chi connectivity index (χ3v) is 2.69. The van der Waals surface area contributed by atoms with Crippen LogP contribution in [-0.4, -0.2) is 8.42 Å². The Morgan fingerprint density at radius 2 is 1.81 bits per heavy atom. The molecule has 0 heterocycles. The maximum Gasteiger partial charge on any atom is 0.419 e. The zero-order chi connectivity index (χ0) is 12.6. The van der Waals surface area contributed by atoms with Crippen LogP contribution >= 0.6 is 10.7 Å². The predicted molar refractivity (Wildman–Crippen MR) is 49.9 cm³/mol. The summed E-state index contributed by atoms with van der Waals surface area (Å²) in [6.45, 7) is 0. The molecule has 0 atom stereocenters. The summed E-state index contributed by atoms with van der Waals surface area (Å²) in [4.78, 5) is 0. The first kappa shape index (κ1) is 13.2. The van der Waals surface area contributed by atoms with Crippen LogP contribution in [0.5, 0.6) is 0 Å². The van der Waals surface area contributed by atoms with Gasteiger partial charge in [0.25, 0.3) is 0 Å². The van der Waals surface area contributed by atoms with Crippen LogP contribution < -0.4 is 0 Å². The van der Waals surface area contributed by atoms with E-state index in [9.17, 15) is 26.0 Å². The van der Waals surface area contributed by atoms with Crippen molar-refractivity contribution in [1.82, 2.24) is 0 Å². The Morgan fingerprint density at radius 3 is 2.25 bits per heavy atom. The number of alkyl halides is 3. The van der Waals surface area contributed by atoms with Gasteiger partial charge in [-0.15, -0.1) is 0 Å². The summed E-state index contributed by atoms with van der Waals surface area (Å²) in [5.41, 5.74) is -2.30. The van der Waals surface area contributed by atoms with Crippen LogP contribution in [0.2, 0.25) is 0 Å². The smallest absolute Gasteiger partial charge is 0.212 e. The summed E-state index contributed by atoms with van der Waals surface area (Å²) in [6.07, 6.45) is -4.96. The van der Waals surface area contributed by atoms with Crippen molar-refractivity contribution in [3.63, 3.8) is 0 Å². The van der Waals surface area contributed by atoms with E-state index < -0.39 is 37.9 Å². The average Bonchev–Trinajstić information content (AvgIpc) is 1.97. The van der Waals surface area contributed by atoms with Crippen LogP contribution in [0, 0.1) is 5.82 Å². The van der Waals surface area contributed by atoms with Crippen LogP contribution in [0.1, 0.15) is 11.1 Å². The number of benzene rings is 1. The molecule has 2 nitrogen and oxygen atoms in total. The molecule has 0 aliphatic heterocycles. The molecular weight excluding hydrogens is 272 g/mol. The standard InChI is InChI=1S/C8H5ClF4O2S/c9-16(14,15)4-5-2-1-3-6(10)7(5)8(11,12)13/h1-3H,4H2. The molecule has 0 aromatic heterocycles. The molecular formula is C8H5ClF4O2S. The highest BCUT2D eigenvalue weighted by Crippen LogP contribution is 2.35. The van der Waals surface area contributed by atoms with Crippen molar-refractivity contribution in [2.45, 2.75) is 11.9 Å². The lowest BCUT2D eigenvalue weighted by Gasteiger charge is -2.12. The van der Waals surface area contributed by atoms with Gasteiger partial charge in [0.2, 0.25) is 9.05 Å². The van der Waals surface area contributed by atoms with Crippen LogP contribution in [0.25, 0.3) is 0 Å². The lowest BCUT2D eigenvalue weighted by Crippen LogP contribution is -2.13. The summed E-state index contributed by atoms with van der Waals surface area (Å²) in [6, 6.07) is 2.46. The van der Waals surface area contributed by atoms with Gasteiger partial charge < -0.3 is 0 Å². The molecule has 0 fully saturated rings. The van der Waals surface area contributed by atoms with E-state index in [0.717, 1.165) is 12.1 Å². The van der Waals surface area contributed by atoms with Crippen molar-refractivity contribution in [3.8, 4) is 0 Å². The second kappa shape index (κ2) is 4.21. The van der Waals surface area contributed by atoms with Gasteiger partial charge in [-0.2, -0.15) is 13.2 Å². The topological polar surface area (TPSA) is 34.1 Å². The van der Waals surface area contributed by atoms with Crippen molar-refractivity contribution >= 4 is 19.7 Å². The zero-order valence-electron chi connectivity index (χ0n) is 7.55. The Kier molecular flexibility index (Phi) is 3.49. The molecule has 1 rings (SSSR count). The fourth-order valence-corrected chi connectivity index (χ4v) is 2.16. The number of rotatable bonds is 2. The van der Waals surface area contributed by atoms with E-state index in [4.69, 9.17) is 10.7 Å². The highest BCUT2D eigenvalue weighted by atomic mass is 35.7. The second-order valence-corrected chi connectivity index (χ2v) is 5.73. The third kappa shape index (κ3) is 3.34. The molecule has 0 spiro atoms. The monoisotopic (exact) mass is 276 g/mol. The van der Waals surface area contributed by atoms with Gasteiger partial charge in [-0.25, -0.2) is 12.8 Å². The summed E-state index contributed by atoms with van der Waals surface area (Å²) in [7, 11) is 0.653. The minimum absolute atomic E-state index is 0.604. The molecule has 0 bridgehead atoms. The van der Waals surface area contributed by atoms with E-state index in [1.54, 1.807) is 0 Å². The molecule has 0 aliphatic rings. The largest absolute Gasteiger partial charge is 0.419 e. The molecule has 0 N–H and O–H groups in total. The van der Waals surface area contributed by atoms with Crippen molar-refractivity contribution in [1.29, 1.82) is 0 Å². The minimum Gasteiger partial charge on any atom is -0.212 e. The molecule has 0 amide bonds. The third-order valence-electron chi connectivity index (χ3n) is 1.71. The van der Waals surface area contributed by atoms with Crippen molar-refractivity contribution < 1.29 is 26.0 Å². The van der Waals surface area contributed by atoms with Crippen LogP contribution in [0.15, 0.2) is 18.2 Å². The van der Waals surface area contributed by atoms with Gasteiger partial charge in [-0.3, -0.25) is 0 Å². The molecule has 0 saturated carbocycles. The average molecular weight is 277 g/mol. The first-order valence-electron chi connectivity index (χ1n) is 3.88. The molecule has 0 unspecified atom stereocenters. The first-order valence-corrected chi connectivity index (χ1v) is 6.36. The molecule has 90 valence electrons. The van der Waals surface area contributed by atoms with Crippen LogP contribution in [0.3, 0.4) is 0 Å². The number of hydrogen-bond donors (Lipinski definition) is 0. The van der Waals surface area contributed by atoms with Crippen molar-refractivity contribution in [2.24, 2.45) is 0 Å². The summed E-state index contributed by atoms with van der Waals surface area (Å²) >= 11 is 0. The van der Waals surface area contributed by atoms with E-state index in [0.29, 0.717) is 6.07 Å². The van der Waals surface area contributed by atoms with Gasteiger partial charge in [-0.1, -0.05) is 12.1 Å². The molecule has 16 heavy (non-hydrogen) atoms. The summed E-state index contributed by atoms with van der Waals surface area (Å²) < 4.78 is 71.5. The fraction of sp³-hybridized carbons (Fsp3) is 0.250. The number of hydrogen-bond acceptors (Lipinski definition) is 2. The van der Waals surface area contributed by atoms with Crippen molar-refractivity contribution in [3.05, 3.63) is 35.1 Å². The second-order valence-electron chi connectivity index (χ2n) is 2.95. The van der Waals surface area contributed by atoms with E-state index in [1.807, 2.05) is 0 Å². The Balaban J connectivity index is 3.35. The highest BCUT2D eigenvalue weighted by Gasteiger charge is 2.37. The molecule has 0 aliphatic carbocycles. The molecule has 0 radical (unpaired) electrons. The quantitative estimate of drug-likeness (QED) is 0.615. The van der Waals surface area contributed by atoms with Gasteiger partial charge in [0, 0.05) is 10.7 Å². The van der Waals surface area contributed by atoms with E-state index >= 15 is 0 Å². The van der Waals surface area contributed by atoms with Crippen molar-refractivity contribution in [2.75, 3.05) is 0 Å². The summed E-state index contributed by atoms with van der Waals surface area (Å²) in [5, 5.41) is 0.